The number of hydrogen-bond donors (Lipinski definition) is 1. The number of ether oxygens (including phenoxy) is 1. The standard InChI is InChI=1S/C14H28N2O/c1-4-13-9-17-12(3)8-16(13)14(10-15)6-5-11(2)7-14/h11-13H,4-10,15H2,1-3H3. The van der Waals surface area contributed by atoms with Gasteiger partial charge in [-0.25, -0.2) is 0 Å². The fourth-order valence-electron chi connectivity index (χ4n) is 3.69. The van der Waals surface area contributed by atoms with E-state index in [0.29, 0.717) is 12.1 Å². The minimum atomic E-state index is 0.262. The van der Waals surface area contributed by atoms with Crippen LogP contribution in [0, 0.1) is 5.92 Å². The summed E-state index contributed by atoms with van der Waals surface area (Å²) in [5.74, 6) is 0.828. The molecule has 0 aromatic carbocycles. The summed E-state index contributed by atoms with van der Waals surface area (Å²) < 4.78 is 5.80. The largest absolute Gasteiger partial charge is 0.376 e. The minimum absolute atomic E-state index is 0.262. The average Bonchev–Trinajstić information content (AvgIpc) is 2.72. The van der Waals surface area contributed by atoms with Crippen LogP contribution in [0.3, 0.4) is 0 Å². The number of morpholine rings is 1. The van der Waals surface area contributed by atoms with E-state index in [1.165, 1.54) is 25.7 Å². The molecule has 4 atom stereocenters. The first kappa shape index (κ1) is 13.3. The zero-order chi connectivity index (χ0) is 12.5. The van der Waals surface area contributed by atoms with Crippen LogP contribution in [0.1, 0.15) is 46.5 Å². The summed E-state index contributed by atoms with van der Waals surface area (Å²) in [5, 5.41) is 0. The minimum Gasteiger partial charge on any atom is -0.376 e. The smallest absolute Gasteiger partial charge is 0.0675 e. The van der Waals surface area contributed by atoms with E-state index in [4.69, 9.17) is 10.5 Å². The van der Waals surface area contributed by atoms with Gasteiger partial charge in [-0.15, -0.1) is 0 Å². The number of nitrogens with two attached hydrogens (primary N) is 1. The van der Waals surface area contributed by atoms with Gasteiger partial charge in [0.05, 0.1) is 12.7 Å². The number of nitrogens with zero attached hydrogens (tertiary/aromatic N) is 1. The highest BCUT2D eigenvalue weighted by molar-refractivity contribution is 5.01. The summed E-state index contributed by atoms with van der Waals surface area (Å²) in [7, 11) is 0. The first-order chi connectivity index (χ1) is 8.11. The van der Waals surface area contributed by atoms with E-state index in [9.17, 15) is 0 Å². The first-order valence-electron chi connectivity index (χ1n) is 7.19. The molecule has 2 fully saturated rings. The van der Waals surface area contributed by atoms with Crippen LogP contribution in [-0.2, 0) is 4.74 Å². The van der Waals surface area contributed by atoms with Crippen molar-refractivity contribution in [3.8, 4) is 0 Å². The molecule has 1 aliphatic heterocycles. The summed E-state index contributed by atoms with van der Waals surface area (Å²) in [6.45, 7) is 9.56. The van der Waals surface area contributed by atoms with E-state index in [1.54, 1.807) is 0 Å². The van der Waals surface area contributed by atoms with E-state index >= 15 is 0 Å². The van der Waals surface area contributed by atoms with Gasteiger partial charge in [0.25, 0.3) is 0 Å². The van der Waals surface area contributed by atoms with Crippen LogP contribution in [0.2, 0.25) is 0 Å². The third-order valence-electron chi connectivity index (χ3n) is 4.76. The Morgan fingerprint density at radius 1 is 1.41 bits per heavy atom. The third-order valence-corrected chi connectivity index (χ3v) is 4.76. The van der Waals surface area contributed by atoms with Gasteiger partial charge in [-0.3, -0.25) is 4.90 Å². The molecule has 0 bridgehead atoms. The monoisotopic (exact) mass is 240 g/mol. The lowest BCUT2D eigenvalue weighted by Gasteiger charge is -2.49. The lowest BCUT2D eigenvalue weighted by Crippen LogP contribution is -2.62. The van der Waals surface area contributed by atoms with Crippen LogP contribution in [0.5, 0.6) is 0 Å². The lowest BCUT2D eigenvalue weighted by atomic mass is 9.90. The van der Waals surface area contributed by atoms with Crippen molar-refractivity contribution in [2.75, 3.05) is 19.7 Å². The van der Waals surface area contributed by atoms with Crippen molar-refractivity contribution >= 4 is 0 Å². The highest BCUT2D eigenvalue weighted by Crippen LogP contribution is 2.40. The van der Waals surface area contributed by atoms with Crippen molar-refractivity contribution < 1.29 is 4.74 Å². The maximum Gasteiger partial charge on any atom is 0.0675 e. The Labute approximate surface area is 106 Å². The second-order valence-corrected chi connectivity index (χ2v) is 6.13. The van der Waals surface area contributed by atoms with Gasteiger partial charge in [0, 0.05) is 24.7 Å². The van der Waals surface area contributed by atoms with Crippen molar-refractivity contribution in [1.29, 1.82) is 0 Å². The quantitative estimate of drug-likeness (QED) is 0.820. The second-order valence-electron chi connectivity index (χ2n) is 6.13. The molecule has 1 saturated heterocycles. The Morgan fingerprint density at radius 2 is 2.18 bits per heavy atom. The van der Waals surface area contributed by atoms with Crippen LogP contribution in [0.4, 0.5) is 0 Å². The van der Waals surface area contributed by atoms with E-state index in [0.717, 1.165) is 25.6 Å². The highest BCUT2D eigenvalue weighted by atomic mass is 16.5. The topological polar surface area (TPSA) is 38.5 Å². The Balaban J connectivity index is 2.15. The molecule has 1 aliphatic carbocycles. The van der Waals surface area contributed by atoms with E-state index in [2.05, 4.69) is 25.7 Å². The van der Waals surface area contributed by atoms with Crippen molar-refractivity contribution in [3.05, 3.63) is 0 Å². The van der Waals surface area contributed by atoms with Gasteiger partial charge in [-0.2, -0.15) is 0 Å². The van der Waals surface area contributed by atoms with Crippen molar-refractivity contribution in [2.24, 2.45) is 11.7 Å². The molecule has 1 saturated carbocycles. The molecule has 2 rings (SSSR count). The van der Waals surface area contributed by atoms with Crippen molar-refractivity contribution in [1.82, 2.24) is 4.90 Å². The summed E-state index contributed by atoms with van der Waals surface area (Å²) in [6, 6.07) is 0.569. The average molecular weight is 240 g/mol. The van der Waals surface area contributed by atoms with Gasteiger partial charge in [-0.05, 0) is 38.5 Å². The van der Waals surface area contributed by atoms with Crippen LogP contribution in [0.25, 0.3) is 0 Å². The third kappa shape index (κ3) is 2.51. The molecular formula is C14H28N2O. The molecule has 2 aliphatic rings. The summed E-state index contributed by atoms with van der Waals surface area (Å²) in [6.07, 6.45) is 5.40. The Bertz CT molecular complexity index is 259. The van der Waals surface area contributed by atoms with Crippen LogP contribution >= 0.6 is 0 Å². The van der Waals surface area contributed by atoms with Crippen molar-refractivity contribution in [3.63, 3.8) is 0 Å². The van der Waals surface area contributed by atoms with Crippen LogP contribution < -0.4 is 5.73 Å². The van der Waals surface area contributed by atoms with Gasteiger partial charge in [0.2, 0.25) is 0 Å². The number of rotatable bonds is 3. The molecule has 2 N–H and O–H groups in total. The molecule has 17 heavy (non-hydrogen) atoms. The fourth-order valence-corrected chi connectivity index (χ4v) is 3.69. The lowest BCUT2D eigenvalue weighted by molar-refractivity contribution is -0.0981. The molecule has 3 nitrogen and oxygen atoms in total. The van der Waals surface area contributed by atoms with Gasteiger partial charge < -0.3 is 10.5 Å². The molecular weight excluding hydrogens is 212 g/mol. The Kier molecular flexibility index (Phi) is 4.11. The van der Waals surface area contributed by atoms with Gasteiger partial charge in [-0.1, -0.05) is 13.8 Å². The van der Waals surface area contributed by atoms with E-state index in [1.807, 2.05) is 0 Å². The summed E-state index contributed by atoms with van der Waals surface area (Å²) in [5.41, 5.74) is 6.40. The van der Waals surface area contributed by atoms with Gasteiger partial charge in [0.1, 0.15) is 0 Å². The maximum absolute atomic E-state index is 6.14. The van der Waals surface area contributed by atoms with Gasteiger partial charge >= 0.3 is 0 Å². The molecule has 4 unspecified atom stereocenters. The molecule has 3 heteroatoms. The molecule has 0 spiro atoms. The molecule has 0 amide bonds. The second kappa shape index (κ2) is 5.25. The van der Waals surface area contributed by atoms with Gasteiger partial charge in [0.15, 0.2) is 0 Å². The van der Waals surface area contributed by atoms with Crippen molar-refractivity contribution in [2.45, 2.75) is 64.1 Å². The maximum atomic E-state index is 6.14. The summed E-state index contributed by atoms with van der Waals surface area (Å²) >= 11 is 0. The first-order valence-corrected chi connectivity index (χ1v) is 7.19. The Morgan fingerprint density at radius 3 is 2.71 bits per heavy atom. The molecule has 100 valence electrons. The Hall–Kier alpha value is -0.120. The molecule has 0 radical (unpaired) electrons. The van der Waals surface area contributed by atoms with E-state index in [-0.39, 0.29) is 5.54 Å². The SMILES string of the molecule is CCC1COC(C)CN1C1(CN)CCC(C)C1. The molecule has 1 heterocycles. The molecule has 0 aromatic heterocycles. The van der Waals surface area contributed by atoms with Crippen LogP contribution in [-0.4, -0.2) is 42.3 Å². The normalized spacial score (nSPS) is 44.1. The summed E-state index contributed by atoms with van der Waals surface area (Å²) in [4.78, 5) is 2.69. The van der Waals surface area contributed by atoms with E-state index < -0.39 is 0 Å². The predicted molar refractivity (Wildman–Crippen MR) is 71.0 cm³/mol. The zero-order valence-corrected chi connectivity index (χ0v) is 11.6. The zero-order valence-electron chi connectivity index (χ0n) is 11.6. The molecule has 0 aromatic rings. The predicted octanol–water partition coefficient (Wildman–Crippen LogP) is 2.00. The fraction of sp³-hybridized carbons (Fsp3) is 1.00. The number of hydrogen-bond acceptors (Lipinski definition) is 3. The highest BCUT2D eigenvalue weighted by Gasteiger charge is 2.45. The van der Waals surface area contributed by atoms with Crippen LogP contribution in [0.15, 0.2) is 0 Å².